The fraction of sp³-hybridized carbons (Fsp3) is 0.333. The third kappa shape index (κ3) is 1.60. The van der Waals surface area contributed by atoms with Gasteiger partial charge in [-0.15, -0.1) is 0 Å². The van der Waals surface area contributed by atoms with Gasteiger partial charge in [-0.25, -0.2) is 0 Å². The molecule has 0 bridgehead atoms. The van der Waals surface area contributed by atoms with E-state index in [1.807, 2.05) is 19.3 Å². The fourth-order valence-electron chi connectivity index (χ4n) is 1.43. The van der Waals surface area contributed by atoms with Crippen molar-refractivity contribution in [2.24, 2.45) is 0 Å². The maximum absolute atomic E-state index is 4.40. The Morgan fingerprint density at radius 3 is 2.36 bits per heavy atom. The lowest BCUT2D eigenvalue weighted by Gasteiger charge is -2.05. The van der Waals surface area contributed by atoms with Crippen LogP contribution in [0, 0.1) is 6.92 Å². The van der Waals surface area contributed by atoms with Crippen LogP contribution in [0.1, 0.15) is 30.9 Å². The minimum absolute atomic E-state index is 0.509. The summed E-state index contributed by atoms with van der Waals surface area (Å²) in [6.07, 6.45) is 3.82. The van der Waals surface area contributed by atoms with Crippen molar-refractivity contribution in [2.75, 3.05) is 0 Å². The van der Waals surface area contributed by atoms with Crippen molar-refractivity contribution in [3.63, 3.8) is 0 Å². The number of hydrogen-bond donors (Lipinski definition) is 0. The summed E-state index contributed by atoms with van der Waals surface area (Å²) in [5.74, 6) is 0.509. The van der Waals surface area contributed by atoms with Crippen LogP contribution >= 0.6 is 0 Å². The molecule has 0 aliphatic rings. The molecule has 2 rings (SSSR count). The van der Waals surface area contributed by atoms with Crippen LogP contribution in [0.2, 0.25) is 0 Å². The Balaban J connectivity index is 2.62. The summed E-state index contributed by atoms with van der Waals surface area (Å²) in [4.78, 5) is 8.76. The summed E-state index contributed by atoms with van der Waals surface area (Å²) in [5, 5.41) is 0. The van der Waals surface area contributed by atoms with Gasteiger partial charge >= 0.3 is 0 Å². The molecule has 0 N–H and O–H groups in total. The third-order valence-corrected chi connectivity index (χ3v) is 2.36. The zero-order valence-corrected chi connectivity index (χ0v) is 8.78. The molecule has 0 saturated carbocycles. The Labute approximate surface area is 84.0 Å². The number of aromatic nitrogens is 2. The van der Waals surface area contributed by atoms with Gasteiger partial charge in [0.05, 0.1) is 11.0 Å². The Morgan fingerprint density at radius 2 is 1.64 bits per heavy atom. The molecule has 14 heavy (non-hydrogen) atoms. The first-order valence-corrected chi connectivity index (χ1v) is 4.89. The molecule has 0 amide bonds. The van der Waals surface area contributed by atoms with Crippen LogP contribution in [0.5, 0.6) is 0 Å². The predicted molar refractivity (Wildman–Crippen MR) is 58.4 cm³/mol. The molecule has 2 aromatic rings. The highest BCUT2D eigenvalue weighted by Gasteiger charge is 2.02. The van der Waals surface area contributed by atoms with E-state index in [2.05, 4.69) is 35.9 Å². The molecule has 2 heteroatoms. The Morgan fingerprint density at radius 1 is 1.00 bits per heavy atom. The maximum Gasteiger partial charge on any atom is 0.0889 e. The minimum atomic E-state index is 0.509. The molecule has 0 aromatic carbocycles. The highest BCUT2D eigenvalue weighted by Crippen LogP contribution is 2.17. The van der Waals surface area contributed by atoms with E-state index >= 15 is 0 Å². The van der Waals surface area contributed by atoms with E-state index < -0.39 is 0 Å². The fourth-order valence-corrected chi connectivity index (χ4v) is 1.43. The molecule has 0 unspecified atom stereocenters. The molecule has 0 radical (unpaired) electrons. The summed E-state index contributed by atoms with van der Waals surface area (Å²) >= 11 is 0. The van der Waals surface area contributed by atoms with Gasteiger partial charge in [-0.2, -0.15) is 0 Å². The zero-order valence-electron chi connectivity index (χ0n) is 8.78. The number of fused-ring (bicyclic) bond motifs is 1. The number of hydrogen-bond acceptors (Lipinski definition) is 2. The van der Waals surface area contributed by atoms with Gasteiger partial charge in [0, 0.05) is 12.4 Å². The van der Waals surface area contributed by atoms with Crippen LogP contribution < -0.4 is 0 Å². The van der Waals surface area contributed by atoms with Gasteiger partial charge in [-0.3, -0.25) is 9.97 Å². The van der Waals surface area contributed by atoms with E-state index in [4.69, 9.17) is 0 Å². The lowest BCUT2D eigenvalue weighted by atomic mass is 10.1. The van der Waals surface area contributed by atoms with Gasteiger partial charge in [0.15, 0.2) is 0 Å². The lowest BCUT2D eigenvalue weighted by Crippen LogP contribution is -1.91. The molecular formula is C12H14N2. The van der Waals surface area contributed by atoms with Gasteiger partial charge in [0.25, 0.3) is 0 Å². The molecule has 0 aliphatic carbocycles. The van der Waals surface area contributed by atoms with E-state index in [0.29, 0.717) is 5.92 Å². The molecule has 2 aromatic heterocycles. The van der Waals surface area contributed by atoms with Crippen LogP contribution in [0.4, 0.5) is 0 Å². The van der Waals surface area contributed by atoms with Crippen LogP contribution in [-0.2, 0) is 0 Å². The van der Waals surface area contributed by atoms with Gasteiger partial charge in [0.1, 0.15) is 0 Å². The predicted octanol–water partition coefficient (Wildman–Crippen LogP) is 3.06. The van der Waals surface area contributed by atoms with E-state index in [1.165, 1.54) is 5.56 Å². The lowest BCUT2D eigenvalue weighted by molar-refractivity contribution is 0.861. The molecule has 72 valence electrons. The number of aryl methyl sites for hydroxylation is 1. The second-order valence-corrected chi connectivity index (χ2v) is 3.97. The first kappa shape index (κ1) is 9.13. The first-order valence-electron chi connectivity index (χ1n) is 4.89. The summed E-state index contributed by atoms with van der Waals surface area (Å²) < 4.78 is 0. The van der Waals surface area contributed by atoms with Crippen molar-refractivity contribution in [1.82, 2.24) is 9.97 Å². The van der Waals surface area contributed by atoms with Gasteiger partial charge in [0.2, 0.25) is 0 Å². The SMILES string of the molecule is Cc1cnc2cc(C(C)C)cnc2c1. The van der Waals surface area contributed by atoms with Crippen molar-refractivity contribution in [3.05, 3.63) is 35.7 Å². The average molecular weight is 186 g/mol. The summed E-state index contributed by atoms with van der Waals surface area (Å²) in [5.41, 5.74) is 4.37. The molecule has 0 aliphatic heterocycles. The monoisotopic (exact) mass is 186 g/mol. The standard InChI is InChI=1S/C12H14N2/c1-8(2)10-5-12-11(14-7-10)4-9(3)6-13-12/h4-8H,1-3H3. The smallest absolute Gasteiger partial charge is 0.0889 e. The Bertz CT molecular complexity index is 461. The topological polar surface area (TPSA) is 25.8 Å². The van der Waals surface area contributed by atoms with E-state index in [1.54, 1.807) is 0 Å². The average Bonchev–Trinajstić information content (AvgIpc) is 2.16. The summed E-state index contributed by atoms with van der Waals surface area (Å²) in [6.45, 7) is 6.36. The van der Waals surface area contributed by atoms with Crippen LogP contribution in [-0.4, -0.2) is 9.97 Å². The Kier molecular flexibility index (Phi) is 2.20. The van der Waals surface area contributed by atoms with Crippen LogP contribution in [0.3, 0.4) is 0 Å². The number of pyridine rings is 2. The highest BCUT2D eigenvalue weighted by atomic mass is 14.7. The van der Waals surface area contributed by atoms with Crippen LogP contribution in [0.15, 0.2) is 24.5 Å². The third-order valence-electron chi connectivity index (χ3n) is 2.36. The molecule has 2 heterocycles. The Hall–Kier alpha value is -1.44. The van der Waals surface area contributed by atoms with E-state index in [-0.39, 0.29) is 0 Å². The minimum Gasteiger partial charge on any atom is -0.254 e. The number of nitrogens with zero attached hydrogens (tertiary/aromatic N) is 2. The normalized spacial score (nSPS) is 11.1. The van der Waals surface area contributed by atoms with Crippen molar-refractivity contribution < 1.29 is 0 Å². The number of rotatable bonds is 1. The zero-order chi connectivity index (χ0) is 10.1. The molecule has 0 saturated heterocycles. The second kappa shape index (κ2) is 3.37. The second-order valence-electron chi connectivity index (χ2n) is 3.97. The van der Waals surface area contributed by atoms with Crippen molar-refractivity contribution >= 4 is 11.0 Å². The van der Waals surface area contributed by atoms with Gasteiger partial charge in [-0.05, 0) is 36.1 Å². The molecule has 2 nitrogen and oxygen atoms in total. The first-order chi connectivity index (χ1) is 6.66. The highest BCUT2D eigenvalue weighted by molar-refractivity contribution is 5.74. The van der Waals surface area contributed by atoms with Gasteiger partial charge in [-0.1, -0.05) is 13.8 Å². The summed E-state index contributed by atoms with van der Waals surface area (Å²) in [7, 11) is 0. The van der Waals surface area contributed by atoms with Crippen molar-refractivity contribution in [1.29, 1.82) is 0 Å². The molecular weight excluding hydrogens is 172 g/mol. The quantitative estimate of drug-likeness (QED) is 0.684. The van der Waals surface area contributed by atoms with Crippen molar-refractivity contribution in [2.45, 2.75) is 26.7 Å². The molecule has 0 atom stereocenters. The largest absolute Gasteiger partial charge is 0.254 e. The maximum atomic E-state index is 4.40. The molecule has 0 spiro atoms. The van der Waals surface area contributed by atoms with Crippen LogP contribution in [0.25, 0.3) is 11.0 Å². The van der Waals surface area contributed by atoms with Crippen molar-refractivity contribution in [3.8, 4) is 0 Å². The summed E-state index contributed by atoms with van der Waals surface area (Å²) in [6, 6.07) is 4.18. The molecule has 0 fully saturated rings. The van der Waals surface area contributed by atoms with E-state index in [0.717, 1.165) is 16.6 Å². The van der Waals surface area contributed by atoms with E-state index in [9.17, 15) is 0 Å². The van der Waals surface area contributed by atoms with Gasteiger partial charge < -0.3 is 0 Å².